The van der Waals surface area contributed by atoms with E-state index in [2.05, 4.69) is 4.94 Å². The minimum atomic E-state index is -0.493. The molecule has 0 radical (unpaired) electrons. The van der Waals surface area contributed by atoms with Crippen LogP contribution in [0.4, 0.5) is 5.69 Å². The average molecular weight is 155 g/mol. The van der Waals surface area contributed by atoms with Gasteiger partial charge in [0.2, 0.25) is 0 Å². The molecule has 5 heteroatoms. The maximum atomic E-state index is 10.9. The van der Waals surface area contributed by atoms with Crippen molar-refractivity contribution in [3.05, 3.63) is 35.5 Å². The summed E-state index contributed by atoms with van der Waals surface area (Å²) >= 11 is 0. The maximum absolute atomic E-state index is 10.9. The Labute approximate surface area is 63.8 Å². The number of nitrogens with one attached hydrogen (secondary N) is 2. The number of rotatable bonds is 3. The molecule has 1 atom stereocenters. The van der Waals surface area contributed by atoms with Crippen LogP contribution >= 0.6 is 0 Å². The molecule has 11 heavy (non-hydrogen) atoms. The van der Waals surface area contributed by atoms with Crippen molar-refractivity contribution in [3.63, 3.8) is 0 Å². The van der Waals surface area contributed by atoms with E-state index >= 15 is 0 Å². The monoisotopic (exact) mass is 155 g/mol. The van der Waals surface area contributed by atoms with Crippen LogP contribution in [0, 0.1) is 5.21 Å². The van der Waals surface area contributed by atoms with Crippen molar-refractivity contribution in [2.24, 2.45) is 5.84 Å². The predicted octanol–water partition coefficient (Wildman–Crippen LogP) is -0.989. The average Bonchev–Trinajstić information content (AvgIpc) is 2.07. The summed E-state index contributed by atoms with van der Waals surface area (Å²) in [5.41, 5.74) is 2.28. The van der Waals surface area contributed by atoms with Crippen LogP contribution in [0.25, 0.3) is 0 Å². The Kier molecular flexibility index (Phi) is 2.96. The molecule has 0 fully saturated rings. The van der Waals surface area contributed by atoms with E-state index in [4.69, 9.17) is 5.84 Å². The molecule has 4 N–H and O–H groups in total. The van der Waals surface area contributed by atoms with Gasteiger partial charge in [-0.1, -0.05) is 28.7 Å². The van der Waals surface area contributed by atoms with Crippen molar-refractivity contribution in [3.8, 4) is 0 Å². The van der Waals surface area contributed by atoms with Crippen LogP contribution in [0.2, 0.25) is 0 Å². The highest BCUT2D eigenvalue weighted by atomic mass is 17.0. The summed E-state index contributed by atoms with van der Waals surface area (Å²) in [6.45, 7) is 0. The van der Waals surface area contributed by atoms with Crippen LogP contribution in [-0.2, 0) is 4.94 Å². The predicted molar refractivity (Wildman–Crippen MR) is 38.8 cm³/mol. The molecule has 0 bridgehead atoms. The van der Waals surface area contributed by atoms with E-state index in [0.717, 1.165) is 0 Å². The second kappa shape index (κ2) is 4.02. The van der Waals surface area contributed by atoms with Gasteiger partial charge in [-0.05, 0) is 0 Å². The van der Waals surface area contributed by atoms with Crippen LogP contribution < -0.4 is 16.7 Å². The maximum Gasteiger partial charge on any atom is 0.165 e. The van der Waals surface area contributed by atoms with Crippen LogP contribution in [0.3, 0.4) is 0 Å². The number of benzene rings is 1. The fourth-order valence-electron chi connectivity index (χ4n) is 0.687. The molecular formula is C6H9N3O2. The number of nitrogens with two attached hydrogens (primary N) is 1. The Morgan fingerprint density at radius 2 is 2.00 bits per heavy atom. The first-order valence-corrected chi connectivity index (χ1v) is 3.06. The second-order valence-corrected chi connectivity index (χ2v) is 1.87. The van der Waals surface area contributed by atoms with Gasteiger partial charge >= 0.3 is 0 Å². The lowest BCUT2D eigenvalue weighted by Gasteiger charge is -2.16. The molecule has 0 heterocycles. The first-order valence-electron chi connectivity index (χ1n) is 3.06. The highest BCUT2D eigenvalue weighted by Gasteiger charge is 1.99. The van der Waals surface area contributed by atoms with Gasteiger partial charge in [-0.2, -0.15) is 5.23 Å². The van der Waals surface area contributed by atoms with Crippen molar-refractivity contribution in [2.75, 3.05) is 0 Å². The van der Waals surface area contributed by atoms with Gasteiger partial charge in [0.1, 0.15) is 0 Å². The van der Waals surface area contributed by atoms with Gasteiger partial charge in [0, 0.05) is 12.1 Å². The minimum absolute atomic E-state index is 0.463. The second-order valence-electron chi connectivity index (χ2n) is 1.87. The number of hydrogen-bond donors (Lipinski definition) is 3. The molecule has 0 aliphatic carbocycles. The molecule has 0 aliphatic rings. The van der Waals surface area contributed by atoms with E-state index in [1.165, 1.54) is 0 Å². The van der Waals surface area contributed by atoms with E-state index in [9.17, 15) is 5.21 Å². The van der Waals surface area contributed by atoms with Gasteiger partial charge < -0.3 is 5.21 Å². The van der Waals surface area contributed by atoms with Crippen LogP contribution in [-0.4, -0.2) is 0 Å². The fourth-order valence-corrected chi connectivity index (χ4v) is 0.687. The van der Waals surface area contributed by atoms with E-state index in [1.807, 2.05) is 11.7 Å². The van der Waals surface area contributed by atoms with Gasteiger partial charge in [-0.15, -0.1) is 0 Å². The lowest BCUT2D eigenvalue weighted by molar-refractivity contribution is -1.01. The molecule has 0 saturated carbocycles. The molecule has 0 amide bonds. The van der Waals surface area contributed by atoms with Gasteiger partial charge in [0.05, 0.1) is 0 Å². The zero-order valence-corrected chi connectivity index (χ0v) is 5.78. The smallest absolute Gasteiger partial charge is 0.165 e. The summed E-state index contributed by atoms with van der Waals surface area (Å²) in [4.78, 5) is 4.32. The number of hydrogen-bond acceptors (Lipinski definition) is 4. The summed E-state index contributed by atoms with van der Waals surface area (Å²) in [6, 6.07) is 8.58. The first kappa shape index (κ1) is 8.12. The molecule has 0 saturated heterocycles. The van der Waals surface area contributed by atoms with E-state index < -0.39 is 5.23 Å². The fraction of sp³-hybridized carbons (Fsp3) is 0. The number of quaternary nitrogens is 1. The zero-order chi connectivity index (χ0) is 8.10. The summed E-state index contributed by atoms with van der Waals surface area (Å²) < 4.78 is 0. The topological polar surface area (TPSA) is 74.8 Å². The third kappa shape index (κ3) is 2.26. The van der Waals surface area contributed by atoms with Crippen LogP contribution in [0.1, 0.15) is 0 Å². The van der Waals surface area contributed by atoms with Gasteiger partial charge in [-0.3, -0.25) is 0 Å². The third-order valence-electron chi connectivity index (χ3n) is 1.16. The van der Waals surface area contributed by atoms with Gasteiger partial charge in [-0.25, -0.2) is 5.84 Å². The van der Waals surface area contributed by atoms with E-state index in [0.29, 0.717) is 5.69 Å². The quantitative estimate of drug-likeness (QED) is 0.387. The Morgan fingerprint density at radius 1 is 1.36 bits per heavy atom. The molecule has 60 valence electrons. The summed E-state index contributed by atoms with van der Waals surface area (Å²) in [5.74, 6) is 4.77. The van der Waals surface area contributed by atoms with Gasteiger partial charge in [0.25, 0.3) is 0 Å². The molecule has 1 rings (SSSR count). The molecule has 0 aromatic heterocycles. The van der Waals surface area contributed by atoms with Crippen LogP contribution in [0.15, 0.2) is 30.3 Å². The molecule has 1 aromatic carbocycles. The summed E-state index contributed by atoms with van der Waals surface area (Å²) in [7, 11) is 0. The summed E-state index contributed by atoms with van der Waals surface area (Å²) in [6.07, 6.45) is 0. The van der Waals surface area contributed by atoms with E-state index in [-0.39, 0.29) is 0 Å². The first-order chi connectivity index (χ1) is 5.34. The number of hydrazine groups is 1. The highest BCUT2D eigenvalue weighted by molar-refractivity contribution is 5.27. The molecule has 1 aromatic rings. The van der Waals surface area contributed by atoms with Crippen molar-refractivity contribution in [2.45, 2.75) is 0 Å². The standard InChI is InChI=1S/C6H9N3O2/c7-8-11-9(10)6-4-2-1-3-5-6/h1-5,8-9H,7H2. The Hall–Kier alpha value is -0.980. The summed E-state index contributed by atoms with van der Waals surface area (Å²) in [5, 5.41) is 10.4. The van der Waals surface area contributed by atoms with Crippen molar-refractivity contribution >= 4 is 5.69 Å². The molecule has 0 spiro atoms. The largest absolute Gasteiger partial charge is 0.593 e. The highest BCUT2D eigenvalue weighted by Crippen LogP contribution is 1.96. The van der Waals surface area contributed by atoms with Crippen molar-refractivity contribution < 1.29 is 10.2 Å². The van der Waals surface area contributed by atoms with E-state index in [1.54, 1.807) is 24.3 Å². The molecule has 5 nitrogen and oxygen atoms in total. The molecule has 0 aliphatic heterocycles. The Balaban J connectivity index is 2.61. The minimum Gasteiger partial charge on any atom is -0.593 e. The van der Waals surface area contributed by atoms with Gasteiger partial charge in [0.15, 0.2) is 5.69 Å². The third-order valence-corrected chi connectivity index (χ3v) is 1.16. The lowest BCUT2D eigenvalue weighted by Crippen LogP contribution is -3.02. The normalized spacial score (nSPS) is 12.9. The molecule has 1 unspecified atom stereocenters. The van der Waals surface area contributed by atoms with Crippen LogP contribution in [0.5, 0.6) is 0 Å². The lowest BCUT2D eigenvalue weighted by atomic mass is 10.3. The Bertz CT molecular complexity index is 204. The van der Waals surface area contributed by atoms with Crippen molar-refractivity contribution in [1.82, 2.24) is 5.59 Å². The molecular weight excluding hydrogens is 146 g/mol. The zero-order valence-electron chi connectivity index (χ0n) is 5.78. The van der Waals surface area contributed by atoms with Crippen molar-refractivity contribution in [1.29, 1.82) is 0 Å². The Morgan fingerprint density at radius 3 is 2.55 bits per heavy atom. The SMILES string of the molecule is NNO[NH+]([O-])c1ccccc1.